The fourth-order valence-electron chi connectivity index (χ4n) is 5.16. The van der Waals surface area contributed by atoms with Crippen LogP contribution in [0.2, 0.25) is 0 Å². The minimum absolute atomic E-state index is 0.0169. The first-order valence-corrected chi connectivity index (χ1v) is 10.3. The molecule has 7 heteroatoms. The minimum Gasteiger partial charge on any atom is -0.481 e. The van der Waals surface area contributed by atoms with E-state index >= 15 is 0 Å². The van der Waals surface area contributed by atoms with Crippen LogP contribution in [-0.2, 0) is 4.79 Å². The topological polar surface area (TPSA) is 97.5 Å². The number of carbonyl (C=O) groups is 1. The van der Waals surface area contributed by atoms with E-state index in [-0.39, 0.29) is 23.4 Å². The normalized spacial score (nSPS) is 24.3. The van der Waals surface area contributed by atoms with Crippen LogP contribution in [0, 0.1) is 17.8 Å². The molecule has 4 atom stereocenters. The monoisotopic (exact) mass is 410 g/mol. The van der Waals surface area contributed by atoms with Gasteiger partial charge in [-0.1, -0.05) is 54.6 Å². The number of allylic oxidation sites excluding steroid dienone is 2. The first-order valence-electron chi connectivity index (χ1n) is 10.3. The van der Waals surface area contributed by atoms with Gasteiger partial charge >= 0.3 is 5.97 Å². The lowest BCUT2D eigenvalue weighted by molar-refractivity contribution is -0.143. The van der Waals surface area contributed by atoms with Gasteiger partial charge in [0.15, 0.2) is 11.3 Å². The lowest BCUT2D eigenvalue weighted by Gasteiger charge is -2.25. The van der Waals surface area contributed by atoms with Crippen LogP contribution in [0.4, 0.5) is 0 Å². The first-order chi connectivity index (χ1) is 15.1. The number of nitrogens with zero attached hydrogens (tertiary/aromatic N) is 4. The highest BCUT2D eigenvalue weighted by molar-refractivity contribution is 5.91. The van der Waals surface area contributed by atoms with Crippen molar-refractivity contribution >= 4 is 22.5 Å². The Kier molecular flexibility index (Phi) is 3.80. The van der Waals surface area contributed by atoms with Crippen LogP contribution < -0.4 is 5.56 Å². The van der Waals surface area contributed by atoms with E-state index in [1.54, 1.807) is 4.52 Å². The van der Waals surface area contributed by atoms with Gasteiger partial charge in [-0.05, 0) is 30.4 Å². The van der Waals surface area contributed by atoms with Crippen molar-refractivity contribution in [3.63, 3.8) is 0 Å². The molecule has 0 aliphatic heterocycles. The smallest absolute Gasteiger partial charge is 0.307 e. The molecule has 1 saturated carbocycles. The molecule has 1 fully saturated rings. The Bertz CT molecular complexity index is 1440. The number of fused-ring (bicyclic) bond motifs is 5. The quantitative estimate of drug-likeness (QED) is 0.411. The zero-order chi connectivity index (χ0) is 21.1. The standard InChI is InChI=1S/C24H18N4O3/c29-23-20(13-6-2-1-3-7-13)27-28-21(26-23)16-8-4-5-9-17(16)25-22(28)18-14-10-11-15(12-14)19(18)24(30)31/h1-11,14-15,18-19H,12H2,(H,30,31). The summed E-state index contributed by atoms with van der Waals surface area (Å²) in [6.45, 7) is 0. The molecule has 6 rings (SSSR count). The summed E-state index contributed by atoms with van der Waals surface area (Å²) in [6, 6.07) is 16.6. The fourth-order valence-corrected chi connectivity index (χ4v) is 5.16. The fraction of sp³-hybridized carbons (Fsp3) is 0.208. The predicted molar refractivity (Wildman–Crippen MR) is 115 cm³/mol. The lowest BCUT2D eigenvalue weighted by atomic mass is 9.82. The molecule has 4 unspecified atom stereocenters. The second kappa shape index (κ2) is 6.57. The molecular formula is C24H18N4O3. The Morgan fingerprint density at radius 3 is 2.52 bits per heavy atom. The van der Waals surface area contributed by atoms with Crippen LogP contribution in [0.5, 0.6) is 0 Å². The average Bonchev–Trinajstić information content (AvgIpc) is 3.40. The van der Waals surface area contributed by atoms with E-state index in [0.717, 1.165) is 6.42 Å². The van der Waals surface area contributed by atoms with E-state index in [9.17, 15) is 14.7 Å². The molecule has 0 spiro atoms. The van der Waals surface area contributed by atoms with Gasteiger partial charge < -0.3 is 5.11 Å². The summed E-state index contributed by atoms with van der Waals surface area (Å²) in [7, 11) is 0. The van der Waals surface area contributed by atoms with Crippen molar-refractivity contribution in [1.29, 1.82) is 0 Å². The molecule has 4 aromatic rings. The summed E-state index contributed by atoms with van der Waals surface area (Å²) in [4.78, 5) is 34.3. The number of carboxylic acids is 1. The summed E-state index contributed by atoms with van der Waals surface area (Å²) in [6.07, 6.45) is 4.88. The van der Waals surface area contributed by atoms with E-state index in [1.165, 1.54) is 0 Å². The molecule has 0 radical (unpaired) electrons. The average molecular weight is 410 g/mol. The van der Waals surface area contributed by atoms with Crippen molar-refractivity contribution in [3.8, 4) is 11.3 Å². The third kappa shape index (κ3) is 2.63. The summed E-state index contributed by atoms with van der Waals surface area (Å²) >= 11 is 0. The highest BCUT2D eigenvalue weighted by atomic mass is 16.4. The number of aliphatic carboxylic acids is 1. The Morgan fingerprint density at radius 1 is 0.968 bits per heavy atom. The Hall–Kier alpha value is -3.87. The number of para-hydroxylation sites is 1. The maximum Gasteiger partial charge on any atom is 0.307 e. The number of hydrogen-bond acceptors (Lipinski definition) is 5. The van der Waals surface area contributed by atoms with Crippen LogP contribution in [0.15, 0.2) is 71.5 Å². The first kappa shape index (κ1) is 17.9. The Morgan fingerprint density at radius 2 is 1.71 bits per heavy atom. The molecule has 2 aliphatic carbocycles. The molecular weight excluding hydrogens is 392 g/mol. The van der Waals surface area contributed by atoms with E-state index in [4.69, 9.17) is 4.98 Å². The number of benzene rings is 2. The van der Waals surface area contributed by atoms with Crippen LogP contribution >= 0.6 is 0 Å². The van der Waals surface area contributed by atoms with Gasteiger partial charge in [-0.3, -0.25) is 9.59 Å². The van der Waals surface area contributed by atoms with Crippen molar-refractivity contribution in [2.75, 3.05) is 0 Å². The van der Waals surface area contributed by atoms with Crippen LogP contribution in [0.3, 0.4) is 0 Å². The molecule has 152 valence electrons. The molecule has 0 amide bonds. The zero-order valence-corrected chi connectivity index (χ0v) is 16.4. The van der Waals surface area contributed by atoms with Gasteiger partial charge in [-0.2, -0.15) is 14.6 Å². The van der Waals surface area contributed by atoms with Gasteiger partial charge in [-0.15, -0.1) is 0 Å². The second-order valence-corrected chi connectivity index (χ2v) is 8.19. The number of aromatic nitrogens is 4. The zero-order valence-electron chi connectivity index (χ0n) is 16.4. The Labute approximate surface area is 176 Å². The van der Waals surface area contributed by atoms with Crippen molar-refractivity contribution in [2.24, 2.45) is 17.8 Å². The van der Waals surface area contributed by atoms with Crippen LogP contribution in [-0.4, -0.2) is 30.7 Å². The molecule has 0 saturated heterocycles. The minimum atomic E-state index is -0.831. The van der Waals surface area contributed by atoms with Gasteiger partial charge in [0.2, 0.25) is 0 Å². The molecule has 2 aliphatic rings. The van der Waals surface area contributed by atoms with E-state index < -0.39 is 17.4 Å². The number of rotatable bonds is 3. The van der Waals surface area contributed by atoms with Crippen LogP contribution in [0.1, 0.15) is 18.2 Å². The third-order valence-electron chi connectivity index (χ3n) is 6.50. The summed E-state index contributed by atoms with van der Waals surface area (Å²) in [5.74, 6) is -1.14. The van der Waals surface area contributed by atoms with Crippen LogP contribution in [0.25, 0.3) is 27.8 Å². The molecule has 2 bridgehead atoms. The molecule has 2 aromatic heterocycles. The summed E-state index contributed by atoms with van der Waals surface area (Å²) < 4.78 is 1.60. The lowest BCUT2D eigenvalue weighted by Crippen LogP contribution is -2.29. The van der Waals surface area contributed by atoms with Gasteiger partial charge in [0, 0.05) is 16.9 Å². The van der Waals surface area contributed by atoms with Gasteiger partial charge in [0.05, 0.1) is 11.4 Å². The molecule has 31 heavy (non-hydrogen) atoms. The number of hydrogen-bond donors (Lipinski definition) is 1. The third-order valence-corrected chi connectivity index (χ3v) is 6.50. The predicted octanol–water partition coefficient (Wildman–Crippen LogP) is 3.30. The molecule has 1 N–H and O–H groups in total. The van der Waals surface area contributed by atoms with Crippen molar-refractivity contribution in [2.45, 2.75) is 12.3 Å². The van der Waals surface area contributed by atoms with Gasteiger partial charge in [-0.25, -0.2) is 4.98 Å². The molecule has 2 aromatic carbocycles. The van der Waals surface area contributed by atoms with Gasteiger partial charge in [0.1, 0.15) is 5.82 Å². The van der Waals surface area contributed by atoms with Crippen molar-refractivity contribution < 1.29 is 9.90 Å². The highest BCUT2D eigenvalue weighted by Crippen LogP contribution is 2.52. The molecule has 2 heterocycles. The largest absolute Gasteiger partial charge is 0.481 e. The maximum atomic E-state index is 12.9. The molecule has 7 nitrogen and oxygen atoms in total. The summed E-state index contributed by atoms with van der Waals surface area (Å²) in [5, 5.41) is 15.4. The SMILES string of the molecule is O=C(O)C1C2C=CC(C2)C1c1nc2ccccc2c2nc(=O)c(-c3ccccc3)nn12. The Balaban J connectivity index is 1.69. The maximum absolute atomic E-state index is 12.9. The highest BCUT2D eigenvalue weighted by Gasteiger charge is 2.50. The van der Waals surface area contributed by atoms with Crippen molar-refractivity contribution in [1.82, 2.24) is 19.6 Å². The van der Waals surface area contributed by atoms with Gasteiger partial charge in [0.25, 0.3) is 5.56 Å². The van der Waals surface area contributed by atoms with E-state index in [1.807, 2.05) is 60.7 Å². The van der Waals surface area contributed by atoms with E-state index in [2.05, 4.69) is 16.2 Å². The number of carboxylic acid groups (broad SMARTS) is 1. The second-order valence-electron chi connectivity index (χ2n) is 8.19. The van der Waals surface area contributed by atoms with Crippen molar-refractivity contribution in [3.05, 3.63) is 82.9 Å². The summed E-state index contributed by atoms with van der Waals surface area (Å²) in [5.41, 5.74) is 1.55. The van der Waals surface area contributed by atoms with E-state index in [0.29, 0.717) is 27.9 Å².